The lowest BCUT2D eigenvalue weighted by Crippen LogP contribution is -2.37. The Balaban J connectivity index is 2.07. The van der Waals surface area contributed by atoms with Gasteiger partial charge in [0.05, 0.1) is 5.69 Å². The Morgan fingerprint density at radius 1 is 1.41 bits per heavy atom. The molecule has 0 aromatic carbocycles. The van der Waals surface area contributed by atoms with Crippen molar-refractivity contribution in [1.82, 2.24) is 36.2 Å². The number of carbonyl (C=O) groups is 1. The first-order valence-electron chi connectivity index (χ1n) is 6.65. The molecule has 118 valence electrons. The van der Waals surface area contributed by atoms with Gasteiger partial charge in [0, 0.05) is 5.70 Å². The van der Waals surface area contributed by atoms with E-state index in [0.717, 1.165) is 6.42 Å². The van der Waals surface area contributed by atoms with Gasteiger partial charge in [0.1, 0.15) is 0 Å². The summed E-state index contributed by atoms with van der Waals surface area (Å²) in [4.78, 5) is 12.1. The van der Waals surface area contributed by atoms with E-state index in [9.17, 15) is 4.79 Å². The van der Waals surface area contributed by atoms with E-state index in [0.29, 0.717) is 17.3 Å². The number of amides is 1. The van der Waals surface area contributed by atoms with E-state index in [1.54, 1.807) is 6.92 Å². The third kappa shape index (κ3) is 3.22. The van der Waals surface area contributed by atoms with Gasteiger partial charge in [-0.25, -0.2) is 4.63 Å². The summed E-state index contributed by atoms with van der Waals surface area (Å²) in [6.45, 7) is 9.60. The average Bonchev–Trinajstić information content (AvgIpc) is 3.01. The summed E-state index contributed by atoms with van der Waals surface area (Å²) in [5.41, 5.74) is 12.2. The second kappa shape index (κ2) is 6.24. The number of hydrogen-bond donors (Lipinski definition) is 3. The lowest BCUT2D eigenvalue weighted by atomic mass is 10.1. The number of nitrogens with two attached hydrogens (primary N) is 1. The first-order chi connectivity index (χ1) is 10.4. The highest BCUT2D eigenvalue weighted by Gasteiger charge is 2.20. The molecule has 0 atom stereocenters. The molecule has 0 unspecified atom stereocenters. The van der Waals surface area contributed by atoms with Gasteiger partial charge < -0.3 is 11.2 Å². The quantitative estimate of drug-likeness (QED) is 0.649. The average molecular weight is 306 g/mol. The van der Waals surface area contributed by atoms with Crippen LogP contribution in [0.5, 0.6) is 0 Å². The number of nitrogens with zero attached hydrogens (tertiary/aromatic N) is 5. The third-order valence-corrected chi connectivity index (χ3v) is 2.81. The van der Waals surface area contributed by atoms with Gasteiger partial charge in [0.15, 0.2) is 5.69 Å². The first kappa shape index (κ1) is 15.5. The molecule has 0 aliphatic rings. The lowest BCUT2D eigenvalue weighted by Gasteiger charge is -2.12. The summed E-state index contributed by atoms with van der Waals surface area (Å²) in [6, 6.07) is 0. The lowest BCUT2D eigenvalue weighted by molar-refractivity contribution is 0.0932. The van der Waals surface area contributed by atoms with Crippen LogP contribution >= 0.6 is 0 Å². The van der Waals surface area contributed by atoms with E-state index in [-0.39, 0.29) is 17.3 Å². The van der Waals surface area contributed by atoms with Crippen LogP contribution < -0.4 is 16.6 Å². The fourth-order valence-electron chi connectivity index (χ4n) is 1.83. The van der Waals surface area contributed by atoms with Crippen LogP contribution in [0, 0.1) is 12.8 Å². The molecule has 1 amide bonds. The summed E-state index contributed by atoms with van der Waals surface area (Å²) in [6.07, 6.45) is 0.743. The van der Waals surface area contributed by atoms with Crippen molar-refractivity contribution in [3.63, 3.8) is 0 Å². The van der Waals surface area contributed by atoms with E-state index in [2.05, 4.69) is 56.5 Å². The Bertz CT molecular complexity index is 687. The molecule has 4 N–H and O–H groups in total. The highest BCUT2D eigenvalue weighted by atomic mass is 16.6. The van der Waals surface area contributed by atoms with Gasteiger partial charge in [-0.3, -0.25) is 10.2 Å². The minimum atomic E-state index is -0.441. The summed E-state index contributed by atoms with van der Waals surface area (Å²) in [5.74, 6) is 0.232. The Morgan fingerprint density at radius 3 is 2.73 bits per heavy atom. The van der Waals surface area contributed by atoms with Crippen LogP contribution in [-0.2, 0) is 0 Å². The molecule has 2 rings (SSSR count). The number of allylic oxidation sites excluding steroid dienone is 1. The largest absolute Gasteiger partial charge is 0.378 e. The standard InChI is InChI=1S/C12H18N8O2/c1-6(2)5-7(3)14-16-12(21)9-8(4)20(19-15-9)11-10(13)17-22-18-11/h6,14H,3,5H2,1-2,4H3,(H2,13,17)(H,16,21). The number of hydrazine groups is 1. The maximum atomic E-state index is 12.1. The molecule has 0 spiro atoms. The Morgan fingerprint density at radius 2 is 2.14 bits per heavy atom. The van der Waals surface area contributed by atoms with Gasteiger partial charge in [0.2, 0.25) is 11.6 Å². The van der Waals surface area contributed by atoms with Gasteiger partial charge in [-0.15, -0.1) is 5.10 Å². The van der Waals surface area contributed by atoms with E-state index in [1.807, 2.05) is 0 Å². The second-order valence-corrected chi connectivity index (χ2v) is 5.19. The maximum Gasteiger partial charge on any atom is 0.292 e. The van der Waals surface area contributed by atoms with Gasteiger partial charge >= 0.3 is 0 Å². The summed E-state index contributed by atoms with van der Waals surface area (Å²) in [5, 5.41) is 14.7. The number of hydrogen-bond acceptors (Lipinski definition) is 8. The van der Waals surface area contributed by atoms with Crippen molar-refractivity contribution in [2.75, 3.05) is 5.73 Å². The predicted molar refractivity (Wildman–Crippen MR) is 77.6 cm³/mol. The van der Waals surface area contributed by atoms with Crippen LogP contribution in [-0.4, -0.2) is 31.2 Å². The SMILES string of the molecule is C=C(CC(C)C)NNC(=O)c1nnn(-c2nonc2N)c1C. The highest BCUT2D eigenvalue weighted by molar-refractivity contribution is 5.93. The zero-order chi connectivity index (χ0) is 16.3. The fraction of sp³-hybridized carbons (Fsp3) is 0.417. The molecule has 0 saturated carbocycles. The summed E-state index contributed by atoms with van der Waals surface area (Å²) >= 11 is 0. The van der Waals surface area contributed by atoms with Crippen molar-refractivity contribution < 1.29 is 9.42 Å². The zero-order valence-corrected chi connectivity index (χ0v) is 12.6. The van der Waals surface area contributed by atoms with Crippen molar-refractivity contribution in [3.8, 4) is 5.82 Å². The minimum Gasteiger partial charge on any atom is -0.378 e. The van der Waals surface area contributed by atoms with Crippen LogP contribution in [0.15, 0.2) is 16.9 Å². The van der Waals surface area contributed by atoms with Gasteiger partial charge in [-0.1, -0.05) is 25.6 Å². The first-order valence-corrected chi connectivity index (χ1v) is 6.65. The molecule has 2 aromatic rings. The molecule has 0 radical (unpaired) electrons. The summed E-state index contributed by atoms with van der Waals surface area (Å²) in [7, 11) is 0. The smallest absolute Gasteiger partial charge is 0.292 e. The van der Waals surface area contributed by atoms with Crippen molar-refractivity contribution in [2.45, 2.75) is 27.2 Å². The number of anilines is 1. The number of aromatic nitrogens is 5. The number of rotatable bonds is 6. The maximum absolute atomic E-state index is 12.1. The number of carbonyl (C=O) groups excluding carboxylic acids is 1. The van der Waals surface area contributed by atoms with Crippen LogP contribution in [0.3, 0.4) is 0 Å². The van der Waals surface area contributed by atoms with Crippen LogP contribution in [0.4, 0.5) is 5.82 Å². The van der Waals surface area contributed by atoms with E-state index >= 15 is 0 Å². The Labute approximate surface area is 126 Å². The van der Waals surface area contributed by atoms with Crippen molar-refractivity contribution in [3.05, 3.63) is 23.7 Å². The van der Waals surface area contributed by atoms with E-state index in [4.69, 9.17) is 5.73 Å². The fourth-order valence-corrected chi connectivity index (χ4v) is 1.83. The Kier molecular flexibility index (Phi) is 4.39. The highest BCUT2D eigenvalue weighted by Crippen LogP contribution is 2.14. The molecular formula is C12H18N8O2. The van der Waals surface area contributed by atoms with Crippen LogP contribution in [0.25, 0.3) is 5.82 Å². The second-order valence-electron chi connectivity index (χ2n) is 5.19. The minimum absolute atomic E-state index is 0.0587. The monoisotopic (exact) mass is 306 g/mol. The van der Waals surface area contributed by atoms with E-state index in [1.165, 1.54) is 4.68 Å². The Hall–Kier alpha value is -2.91. The molecule has 0 aliphatic carbocycles. The molecule has 10 heteroatoms. The zero-order valence-electron chi connectivity index (χ0n) is 12.6. The molecule has 10 nitrogen and oxygen atoms in total. The third-order valence-electron chi connectivity index (χ3n) is 2.81. The van der Waals surface area contributed by atoms with E-state index < -0.39 is 5.91 Å². The molecule has 22 heavy (non-hydrogen) atoms. The number of nitrogen functional groups attached to an aromatic ring is 1. The molecule has 0 saturated heterocycles. The normalized spacial score (nSPS) is 10.7. The molecule has 0 bridgehead atoms. The summed E-state index contributed by atoms with van der Waals surface area (Å²) < 4.78 is 5.78. The molecule has 0 fully saturated rings. The molecule has 2 aromatic heterocycles. The van der Waals surface area contributed by atoms with Crippen molar-refractivity contribution in [2.24, 2.45) is 5.92 Å². The molecule has 0 aliphatic heterocycles. The van der Waals surface area contributed by atoms with Gasteiger partial charge in [-0.2, -0.15) is 4.68 Å². The van der Waals surface area contributed by atoms with Crippen LogP contribution in [0.2, 0.25) is 0 Å². The van der Waals surface area contributed by atoms with Crippen LogP contribution in [0.1, 0.15) is 36.5 Å². The number of nitrogens with one attached hydrogen (secondary N) is 2. The molecular weight excluding hydrogens is 288 g/mol. The van der Waals surface area contributed by atoms with Gasteiger partial charge in [-0.05, 0) is 29.6 Å². The van der Waals surface area contributed by atoms with Gasteiger partial charge in [0.25, 0.3) is 5.91 Å². The van der Waals surface area contributed by atoms with Crippen molar-refractivity contribution >= 4 is 11.7 Å². The van der Waals surface area contributed by atoms with Crippen molar-refractivity contribution in [1.29, 1.82) is 0 Å². The topological polar surface area (TPSA) is 137 Å². The molecule has 2 heterocycles. The predicted octanol–water partition coefficient (Wildman–Crippen LogP) is 0.335.